The molecule has 1 atom stereocenters. The van der Waals surface area contributed by atoms with Gasteiger partial charge in [0, 0.05) is 0 Å². The highest BCUT2D eigenvalue weighted by Gasteiger charge is 2.37. The number of nitrogens with one attached hydrogen (secondary N) is 1. The van der Waals surface area contributed by atoms with Gasteiger partial charge >= 0.3 is 6.18 Å². The molecule has 0 radical (unpaired) electrons. The van der Waals surface area contributed by atoms with Crippen LogP contribution in [0.4, 0.5) is 18.9 Å². The van der Waals surface area contributed by atoms with Crippen LogP contribution in [0.1, 0.15) is 5.56 Å². The van der Waals surface area contributed by atoms with Gasteiger partial charge in [-0.1, -0.05) is 12.1 Å². The van der Waals surface area contributed by atoms with Crippen molar-refractivity contribution in [1.29, 1.82) is 0 Å². The van der Waals surface area contributed by atoms with Gasteiger partial charge in [-0.05, 0) is 12.1 Å². The Hall–Kier alpha value is -1.70. The van der Waals surface area contributed by atoms with Crippen LogP contribution in [0, 0.1) is 0 Å². The van der Waals surface area contributed by atoms with E-state index < -0.39 is 17.2 Å². The third-order valence-electron chi connectivity index (χ3n) is 2.51. The molecule has 1 aliphatic rings. The molecule has 1 aliphatic heterocycles. The number of halogens is 3. The molecular formula is C11H9F3N2O2S. The summed E-state index contributed by atoms with van der Waals surface area (Å²) in [5.41, 5.74) is -2.00. The van der Waals surface area contributed by atoms with Gasteiger partial charge in [0.2, 0.25) is 12.3 Å². The number of anilines is 1. The third-order valence-corrected chi connectivity index (χ3v) is 3.60. The number of carbonyl (C=O) groups excluding carboxylic acids is 2. The Morgan fingerprint density at radius 3 is 2.58 bits per heavy atom. The van der Waals surface area contributed by atoms with Gasteiger partial charge in [0.05, 0.1) is 17.0 Å². The van der Waals surface area contributed by atoms with Crippen molar-refractivity contribution in [2.75, 3.05) is 10.7 Å². The second kappa shape index (κ2) is 5.12. The highest BCUT2D eigenvalue weighted by molar-refractivity contribution is 8.01. The molecule has 0 saturated carbocycles. The standard InChI is InChI=1S/C11H9F3N2O2S/c12-11(13,14)7-3-1-2-4-8(7)16(6-17)10-15-9(18)5-19-10/h1-4,6,10H,5H2,(H,15,18). The van der Waals surface area contributed by atoms with Crippen LogP contribution in [0.5, 0.6) is 0 Å². The van der Waals surface area contributed by atoms with Gasteiger partial charge in [0.25, 0.3) is 0 Å². The number of rotatable bonds is 3. The molecule has 0 aromatic heterocycles. The molecule has 1 aromatic carbocycles. The largest absolute Gasteiger partial charge is 0.418 e. The number of nitrogens with zero attached hydrogens (tertiary/aromatic N) is 1. The van der Waals surface area contributed by atoms with Crippen molar-refractivity contribution < 1.29 is 22.8 Å². The summed E-state index contributed by atoms with van der Waals surface area (Å²) in [4.78, 5) is 23.0. The van der Waals surface area contributed by atoms with Crippen LogP contribution >= 0.6 is 11.8 Å². The topological polar surface area (TPSA) is 49.4 Å². The van der Waals surface area contributed by atoms with Crippen LogP contribution in [-0.4, -0.2) is 23.6 Å². The number of benzene rings is 1. The molecule has 0 bridgehead atoms. The second-order valence-corrected chi connectivity index (χ2v) is 4.83. The molecule has 1 heterocycles. The predicted octanol–water partition coefficient (Wildman–Crippen LogP) is 1.81. The zero-order chi connectivity index (χ0) is 14.0. The molecule has 1 fully saturated rings. The van der Waals surface area contributed by atoms with E-state index in [9.17, 15) is 22.8 Å². The maximum absolute atomic E-state index is 12.9. The van der Waals surface area contributed by atoms with Gasteiger partial charge in [-0.15, -0.1) is 11.8 Å². The van der Waals surface area contributed by atoms with Crippen molar-refractivity contribution in [3.8, 4) is 0 Å². The first-order valence-corrected chi connectivity index (χ1v) is 6.29. The van der Waals surface area contributed by atoms with E-state index in [0.29, 0.717) is 0 Å². The maximum Gasteiger partial charge on any atom is 0.418 e. The Morgan fingerprint density at radius 1 is 1.37 bits per heavy atom. The summed E-state index contributed by atoms with van der Waals surface area (Å²) >= 11 is 1.06. The Labute approximate surface area is 111 Å². The normalized spacial score (nSPS) is 19.1. The first-order chi connectivity index (χ1) is 8.93. The first kappa shape index (κ1) is 13.7. The van der Waals surface area contributed by atoms with E-state index >= 15 is 0 Å². The number of thioether (sulfide) groups is 1. The fraction of sp³-hybridized carbons (Fsp3) is 0.273. The van der Waals surface area contributed by atoms with Gasteiger partial charge < -0.3 is 5.32 Å². The first-order valence-electron chi connectivity index (χ1n) is 5.24. The Balaban J connectivity index is 2.39. The molecule has 0 spiro atoms. The quantitative estimate of drug-likeness (QED) is 0.864. The van der Waals surface area contributed by atoms with E-state index in [-0.39, 0.29) is 23.8 Å². The number of para-hydroxylation sites is 1. The van der Waals surface area contributed by atoms with Crippen LogP contribution in [0.15, 0.2) is 24.3 Å². The summed E-state index contributed by atoms with van der Waals surface area (Å²) in [6, 6.07) is 4.74. The highest BCUT2D eigenvalue weighted by atomic mass is 32.2. The molecule has 1 unspecified atom stereocenters. The van der Waals surface area contributed by atoms with Gasteiger partial charge in [0.1, 0.15) is 0 Å². The van der Waals surface area contributed by atoms with Crippen molar-refractivity contribution in [1.82, 2.24) is 5.32 Å². The minimum absolute atomic E-state index is 0.114. The summed E-state index contributed by atoms with van der Waals surface area (Å²) in [6.45, 7) is 0. The monoisotopic (exact) mass is 290 g/mol. The van der Waals surface area contributed by atoms with E-state index in [1.54, 1.807) is 0 Å². The van der Waals surface area contributed by atoms with Gasteiger partial charge in [-0.25, -0.2) is 0 Å². The number of alkyl halides is 3. The number of hydrogen-bond acceptors (Lipinski definition) is 3. The lowest BCUT2D eigenvalue weighted by Crippen LogP contribution is -2.41. The van der Waals surface area contributed by atoms with Crippen LogP contribution in [-0.2, 0) is 15.8 Å². The highest BCUT2D eigenvalue weighted by Crippen LogP contribution is 2.37. The smallest absolute Gasteiger partial charge is 0.326 e. The molecule has 4 nitrogen and oxygen atoms in total. The SMILES string of the molecule is O=CN(c1ccccc1C(F)(F)F)C1NC(=O)CS1. The van der Waals surface area contributed by atoms with E-state index in [0.717, 1.165) is 22.7 Å². The summed E-state index contributed by atoms with van der Waals surface area (Å²) in [5, 5.41) is 2.43. The molecule has 2 rings (SSSR count). The van der Waals surface area contributed by atoms with Crippen LogP contribution < -0.4 is 10.2 Å². The van der Waals surface area contributed by atoms with E-state index in [1.165, 1.54) is 18.2 Å². The van der Waals surface area contributed by atoms with E-state index in [4.69, 9.17) is 0 Å². The number of amides is 2. The molecule has 1 saturated heterocycles. The fourth-order valence-corrected chi connectivity index (χ4v) is 2.63. The minimum Gasteiger partial charge on any atom is -0.326 e. The Kier molecular flexibility index (Phi) is 3.70. The van der Waals surface area contributed by atoms with Crippen molar-refractivity contribution in [2.24, 2.45) is 0 Å². The average Bonchev–Trinajstić information content (AvgIpc) is 2.76. The second-order valence-electron chi connectivity index (χ2n) is 3.76. The molecule has 102 valence electrons. The lowest BCUT2D eigenvalue weighted by Gasteiger charge is -2.26. The molecule has 8 heteroatoms. The molecule has 0 aliphatic carbocycles. The van der Waals surface area contributed by atoms with Crippen molar-refractivity contribution in [3.63, 3.8) is 0 Å². The fourth-order valence-electron chi connectivity index (χ4n) is 1.70. The van der Waals surface area contributed by atoms with Crippen LogP contribution in [0.2, 0.25) is 0 Å². The van der Waals surface area contributed by atoms with Gasteiger partial charge in [-0.3, -0.25) is 14.5 Å². The zero-order valence-corrected chi connectivity index (χ0v) is 10.3. The number of carbonyl (C=O) groups is 2. The Bertz CT molecular complexity index is 507. The van der Waals surface area contributed by atoms with Gasteiger partial charge in [-0.2, -0.15) is 13.2 Å². The van der Waals surface area contributed by atoms with Crippen LogP contribution in [0.3, 0.4) is 0 Å². The lowest BCUT2D eigenvalue weighted by molar-refractivity contribution is -0.137. The van der Waals surface area contributed by atoms with Crippen molar-refractivity contribution in [3.05, 3.63) is 29.8 Å². The summed E-state index contributed by atoms with van der Waals surface area (Å²) in [7, 11) is 0. The van der Waals surface area contributed by atoms with Crippen molar-refractivity contribution >= 4 is 29.8 Å². The predicted molar refractivity (Wildman–Crippen MR) is 64.4 cm³/mol. The van der Waals surface area contributed by atoms with E-state index in [1.807, 2.05) is 0 Å². The molecular weight excluding hydrogens is 281 g/mol. The Morgan fingerprint density at radius 2 is 2.05 bits per heavy atom. The minimum atomic E-state index is -4.56. The molecule has 2 amide bonds. The number of hydrogen-bond donors (Lipinski definition) is 1. The van der Waals surface area contributed by atoms with Gasteiger partial charge in [0.15, 0.2) is 5.50 Å². The zero-order valence-electron chi connectivity index (χ0n) is 9.48. The average molecular weight is 290 g/mol. The van der Waals surface area contributed by atoms with Crippen LogP contribution in [0.25, 0.3) is 0 Å². The molecule has 19 heavy (non-hydrogen) atoms. The summed E-state index contributed by atoms with van der Waals surface area (Å²) in [5.74, 6) is -0.199. The summed E-state index contributed by atoms with van der Waals surface area (Å²) < 4.78 is 38.6. The summed E-state index contributed by atoms with van der Waals surface area (Å²) in [6.07, 6.45) is -4.28. The third kappa shape index (κ3) is 2.83. The maximum atomic E-state index is 12.9. The molecule has 1 aromatic rings. The van der Waals surface area contributed by atoms with Crippen molar-refractivity contribution in [2.45, 2.75) is 11.7 Å². The lowest BCUT2D eigenvalue weighted by atomic mass is 10.1. The molecule has 1 N–H and O–H groups in total. The van der Waals surface area contributed by atoms with E-state index in [2.05, 4.69) is 5.32 Å².